The van der Waals surface area contributed by atoms with Crippen LogP contribution in [0.2, 0.25) is 0 Å². The first kappa shape index (κ1) is 12.1. The highest BCUT2D eigenvalue weighted by Gasteiger charge is 2.27. The lowest BCUT2D eigenvalue weighted by molar-refractivity contribution is 0.0358. The Kier molecular flexibility index (Phi) is 4.00. The van der Waals surface area contributed by atoms with Gasteiger partial charge in [0.15, 0.2) is 0 Å². The molecule has 16 heavy (non-hydrogen) atoms. The SMILES string of the molecule is CC1COC(CCl)CN1c1ncc(Br)cn1. The van der Waals surface area contributed by atoms with Gasteiger partial charge in [-0.05, 0) is 22.9 Å². The molecule has 0 radical (unpaired) electrons. The largest absolute Gasteiger partial charge is 0.373 e. The number of rotatable bonds is 2. The molecule has 4 nitrogen and oxygen atoms in total. The second-order valence-electron chi connectivity index (χ2n) is 3.81. The number of ether oxygens (including phenoxy) is 1. The van der Waals surface area contributed by atoms with Crippen LogP contribution >= 0.6 is 27.5 Å². The zero-order chi connectivity index (χ0) is 11.5. The van der Waals surface area contributed by atoms with E-state index in [0.717, 1.165) is 17.0 Å². The number of alkyl halides is 1. The van der Waals surface area contributed by atoms with Gasteiger partial charge in [-0.3, -0.25) is 0 Å². The van der Waals surface area contributed by atoms with Crippen LogP contribution in [0.25, 0.3) is 0 Å². The van der Waals surface area contributed by atoms with E-state index in [-0.39, 0.29) is 12.1 Å². The Bertz CT molecular complexity index is 348. The molecule has 2 rings (SSSR count). The average Bonchev–Trinajstić information content (AvgIpc) is 2.31. The first-order valence-corrected chi connectivity index (χ1v) is 6.45. The Balaban J connectivity index is 2.14. The van der Waals surface area contributed by atoms with Crippen molar-refractivity contribution in [2.75, 3.05) is 23.9 Å². The maximum Gasteiger partial charge on any atom is 0.225 e. The van der Waals surface area contributed by atoms with Gasteiger partial charge in [-0.25, -0.2) is 9.97 Å². The van der Waals surface area contributed by atoms with Crippen LogP contribution < -0.4 is 4.90 Å². The third-order valence-corrected chi connectivity index (χ3v) is 3.29. The minimum absolute atomic E-state index is 0.0603. The maximum absolute atomic E-state index is 5.81. The lowest BCUT2D eigenvalue weighted by Crippen LogP contribution is -2.49. The summed E-state index contributed by atoms with van der Waals surface area (Å²) in [6.45, 7) is 3.50. The minimum atomic E-state index is 0.0603. The molecule has 2 unspecified atom stereocenters. The van der Waals surface area contributed by atoms with E-state index in [4.69, 9.17) is 16.3 Å². The van der Waals surface area contributed by atoms with E-state index in [0.29, 0.717) is 12.5 Å². The normalized spacial score (nSPS) is 25.8. The summed E-state index contributed by atoms with van der Waals surface area (Å²) in [4.78, 5) is 10.7. The third kappa shape index (κ3) is 2.64. The average molecular weight is 307 g/mol. The van der Waals surface area contributed by atoms with Crippen LogP contribution in [0, 0.1) is 0 Å². The monoisotopic (exact) mass is 305 g/mol. The topological polar surface area (TPSA) is 38.2 Å². The summed E-state index contributed by atoms with van der Waals surface area (Å²) in [6.07, 6.45) is 3.56. The Morgan fingerprint density at radius 1 is 1.56 bits per heavy atom. The Hall–Kier alpha value is -0.390. The van der Waals surface area contributed by atoms with Gasteiger partial charge in [-0.1, -0.05) is 0 Å². The first-order chi connectivity index (χ1) is 7.70. The standard InChI is InChI=1S/C10H13BrClN3O/c1-7-6-16-9(2-12)5-15(7)10-13-3-8(11)4-14-10/h3-4,7,9H,2,5-6H2,1H3. The summed E-state index contributed by atoms with van der Waals surface area (Å²) in [6, 6.07) is 0.278. The predicted molar refractivity (Wildman–Crippen MR) is 67.0 cm³/mol. The van der Waals surface area contributed by atoms with E-state index in [1.54, 1.807) is 12.4 Å². The Morgan fingerprint density at radius 3 is 2.88 bits per heavy atom. The van der Waals surface area contributed by atoms with Gasteiger partial charge in [0, 0.05) is 18.9 Å². The zero-order valence-corrected chi connectivity index (χ0v) is 11.3. The summed E-state index contributed by atoms with van der Waals surface area (Å²) < 4.78 is 6.46. The van der Waals surface area contributed by atoms with Crippen LogP contribution in [0.3, 0.4) is 0 Å². The molecule has 6 heteroatoms. The van der Waals surface area contributed by atoms with Crippen LogP contribution in [-0.4, -0.2) is 41.1 Å². The number of anilines is 1. The Labute approximate surface area is 108 Å². The predicted octanol–water partition coefficient (Wildman–Crippen LogP) is 2.07. The molecular weight excluding hydrogens is 293 g/mol. The van der Waals surface area contributed by atoms with Crippen molar-refractivity contribution in [2.45, 2.75) is 19.1 Å². The van der Waals surface area contributed by atoms with Crippen molar-refractivity contribution in [1.82, 2.24) is 9.97 Å². The summed E-state index contributed by atoms with van der Waals surface area (Å²) in [5.74, 6) is 1.23. The van der Waals surface area contributed by atoms with Crippen molar-refractivity contribution < 1.29 is 4.74 Å². The fourth-order valence-corrected chi connectivity index (χ4v) is 2.03. The lowest BCUT2D eigenvalue weighted by atomic mass is 10.2. The summed E-state index contributed by atoms with van der Waals surface area (Å²) >= 11 is 9.13. The van der Waals surface area contributed by atoms with E-state index in [1.165, 1.54) is 0 Å². The smallest absolute Gasteiger partial charge is 0.225 e. The molecular formula is C10H13BrClN3O. The lowest BCUT2D eigenvalue weighted by Gasteiger charge is -2.37. The number of halogens is 2. The van der Waals surface area contributed by atoms with Gasteiger partial charge in [0.25, 0.3) is 0 Å². The highest BCUT2D eigenvalue weighted by atomic mass is 79.9. The van der Waals surface area contributed by atoms with E-state index in [1.807, 2.05) is 0 Å². The quantitative estimate of drug-likeness (QED) is 0.784. The van der Waals surface area contributed by atoms with Gasteiger partial charge < -0.3 is 9.64 Å². The number of aromatic nitrogens is 2. The van der Waals surface area contributed by atoms with E-state index in [2.05, 4.69) is 37.7 Å². The van der Waals surface area contributed by atoms with Crippen LogP contribution in [-0.2, 0) is 4.74 Å². The second kappa shape index (κ2) is 5.29. The molecule has 1 aliphatic rings. The van der Waals surface area contributed by atoms with Gasteiger partial charge >= 0.3 is 0 Å². The molecule has 1 saturated heterocycles. The highest BCUT2D eigenvalue weighted by Crippen LogP contribution is 2.19. The van der Waals surface area contributed by atoms with Crippen molar-refractivity contribution in [3.8, 4) is 0 Å². The van der Waals surface area contributed by atoms with Gasteiger partial charge in [-0.15, -0.1) is 11.6 Å². The zero-order valence-electron chi connectivity index (χ0n) is 8.94. The molecule has 0 aliphatic carbocycles. The third-order valence-electron chi connectivity index (χ3n) is 2.54. The number of hydrogen-bond acceptors (Lipinski definition) is 4. The van der Waals surface area contributed by atoms with Crippen LogP contribution in [0.5, 0.6) is 0 Å². The molecule has 0 saturated carbocycles. The van der Waals surface area contributed by atoms with E-state index < -0.39 is 0 Å². The molecule has 2 heterocycles. The molecule has 1 aromatic rings. The molecule has 88 valence electrons. The molecule has 1 aromatic heterocycles. The second-order valence-corrected chi connectivity index (χ2v) is 5.04. The van der Waals surface area contributed by atoms with Gasteiger partial charge in [-0.2, -0.15) is 0 Å². The first-order valence-electron chi connectivity index (χ1n) is 5.12. The van der Waals surface area contributed by atoms with Crippen molar-refractivity contribution in [1.29, 1.82) is 0 Å². The molecule has 0 aromatic carbocycles. The fraction of sp³-hybridized carbons (Fsp3) is 0.600. The fourth-order valence-electron chi connectivity index (χ4n) is 1.64. The molecule has 0 bridgehead atoms. The summed E-state index contributed by atoms with van der Waals surface area (Å²) in [5.41, 5.74) is 0. The number of nitrogens with zero attached hydrogens (tertiary/aromatic N) is 3. The molecule has 2 atom stereocenters. The van der Waals surface area contributed by atoms with Gasteiger partial charge in [0.1, 0.15) is 0 Å². The minimum Gasteiger partial charge on any atom is -0.373 e. The van der Waals surface area contributed by atoms with Crippen molar-refractivity contribution in [3.63, 3.8) is 0 Å². The summed E-state index contributed by atoms with van der Waals surface area (Å²) in [7, 11) is 0. The van der Waals surface area contributed by atoms with Crippen molar-refractivity contribution in [3.05, 3.63) is 16.9 Å². The van der Waals surface area contributed by atoms with E-state index >= 15 is 0 Å². The maximum atomic E-state index is 5.81. The van der Waals surface area contributed by atoms with Crippen molar-refractivity contribution in [2.24, 2.45) is 0 Å². The van der Waals surface area contributed by atoms with E-state index in [9.17, 15) is 0 Å². The highest BCUT2D eigenvalue weighted by molar-refractivity contribution is 9.10. The number of hydrogen-bond donors (Lipinski definition) is 0. The van der Waals surface area contributed by atoms with Crippen molar-refractivity contribution >= 4 is 33.5 Å². The Morgan fingerprint density at radius 2 is 2.25 bits per heavy atom. The summed E-state index contributed by atoms with van der Waals surface area (Å²) in [5, 5.41) is 0. The molecule has 1 aliphatic heterocycles. The number of morpholine rings is 1. The molecule has 0 amide bonds. The van der Waals surface area contributed by atoms with Crippen LogP contribution in [0.1, 0.15) is 6.92 Å². The molecule has 0 N–H and O–H groups in total. The van der Waals surface area contributed by atoms with Crippen LogP contribution in [0.15, 0.2) is 16.9 Å². The van der Waals surface area contributed by atoms with Gasteiger partial charge in [0.05, 0.1) is 29.1 Å². The van der Waals surface area contributed by atoms with Crippen LogP contribution in [0.4, 0.5) is 5.95 Å². The molecule has 1 fully saturated rings. The molecule has 0 spiro atoms. The van der Waals surface area contributed by atoms with Gasteiger partial charge in [0.2, 0.25) is 5.95 Å².